The van der Waals surface area contributed by atoms with Crippen molar-refractivity contribution in [2.75, 3.05) is 0 Å². The normalized spacial score (nSPS) is 13.6. The van der Waals surface area contributed by atoms with Gasteiger partial charge in [0.15, 0.2) is 0 Å². The van der Waals surface area contributed by atoms with E-state index in [1.165, 1.54) is 18.4 Å². The average molecular weight is 216 g/mol. The smallest absolute Gasteiger partial charge is 0.321 e. The van der Waals surface area contributed by atoms with E-state index in [1.54, 1.807) is 0 Å². The second kappa shape index (κ2) is 4.44. The fraction of sp³-hybridized carbons (Fsp3) is 0.300. The van der Waals surface area contributed by atoms with Gasteiger partial charge >= 0.3 is 6.18 Å². The second-order valence-electron chi connectivity index (χ2n) is 3.13. The van der Waals surface area contributed by atoms with Gasteiger partial charge in [-0.3, -0.25) is 4.79 Å². The van der Waals surface area contributed by atoms with Crippen LogP contribution >= 0.6 is 0 Å². The summed E-state index contributed by atoms with van der Waals surface area (Å²) in [6, 6.07) is 3.85. The van der Waals surface area contributed by atoms with Crippen LogP contribution in [0.25, 0.3) is 0 Å². The van der Waals surface area contributed by atoms with Gasteiger partial charge in [0.25, 0.3) is 0 Å². The largest absolute Gasteiger partial charge is 0.416 e. The lowest BCUT2D eigenvalue weighted by molar-refractivity contribution is -0.137. The Labute approximate surface area is 84.9 Å². The van der Waals surface area contributed by atoms with Gasteiger partial charge in [-0.2, -0.15) is 13.2 Å². The summed E-state index contributed by atoms with van der Waals surface area (Å²) in [5, 5.41) is 0. The Morgan fingerprint density at radius 2 is 2.07 bits per heavy atom. The van der Waals surface area contributed by atoms with Crippen LogP contribution < -0.4 is 5.73 Å². The molecule has 1 aromatic carbocycles. The summed E-state index contributed by atoms with van der Waals surface area (Å²) < 4.78 is 36.8. The van der Waals surface area contributed by atoms with Crippen molar-refractivity contribution in [1.29, 1.82) is 0 Å². The minimum absolute atomic E-state index is 0.0629. The van der Waals surface area contributed by atoms with Crippen molar-refractivity contribution in [2.45, 2.75) is 18.6 Å². The van der Waals surface area contributed by atoms with Crippen molar-refractivity contribution < 1.29 is 18.0 Å². The topological polar surface area (TPSA) is 43.1 Å². The van der Waals surface area contributed by atoms with Gasteiger partial charge in [0.1, 0.15) is 0 Å². The van der Waals surface area contributed by atoms with Gasteiger partial charge in [-0.15, -0.1) is 0 Å². The molecule has 81 valence electrons. The number of hydrogen-bond donors (Lipinski definition) is 1. The molecule has 0 heterocycles. The SMILES string of the molecule is N[C@H]([C]=O)Cc1cccc(C(F)(F)F)c1. The third kappa shape index (κ3) is 3.36. The highest BCUT2D eigenvalue weighted by atomic mass is 19.4. The number of rotatable bonds is 3. The molecule has 0 amide bonds. The molecule has 0 fully saturated rings. The van der Waals surface area contributed by atoms with Crippen LogP contribution in [0.5, 0.6) is 0 Å². The average Bonchev–Trinajstić information content (AvgIpc) is 2.17. The Bertz CT molecular complexity index is 349. The number of alkyl halides is 3. The Morgan fingerprint density at radius 3 is 2.60 bits per heavy atom. The van der Waals surface area contributed by atoms with Crippen molar-refractivity contribution in [1.82, 2.24) is 0 Å². The van der Waals surface area contributed by atoms with E-state index in [0.29, 0.717) is 5.56 Å². The first-order chi connectivity index (χ1) is 6.93. The van der Waals surface area contributed by atoms with Crippen LogP contribution in [0.15, 0.2) is 24.3 Å². The van der Waals surface area contributed by atoms with E-state index in [9.17, 15) is 18.0 Å². The van der Waals surface area contributed by atoms with Crippen molar-refractivity contribution in [3.8, 4) is 0 Å². The highest BCUT2D eigenvalue weighted by molar-refractivity contribution is 5.58. The minimum atomic E-state index is -4.37. The van der Waals surface area contributed by atoms with Crippen LogP contribution in [0.1, 0.15) is 11.1 Å². The molecular weight excluding hydrogens is 207 g/mol. The summed E-state index contributed by atoms with van der Waals surface area (Å²) in [4.78, 5) is 10.1. The number of nitrogens with two attached hydrogens (primary N) is 1. The molecule has 5 heteroatoms. The Morgan fingerprint density at radius 1 is 1.40 bits per heavy atom. The molecule has 0 aromatic heterocycles. The molecule has 2 N–H and O–H groups in total. The first-order valence-corrected chi connectivity index (χ1v) is 4.23. The molecule has 1 aromatic rings. The summed E-state index contributed by atoms with van der Waals surface area (Å²) in [7, 11) is 0. The van der Waals surface area contributed by atoms with Crippen molar-refractivity contribution in [3.05, 3.63) is 35.4 Å². The fourth-order valence-corrected chi connectivity index (χ4v) is 1.17. The molecule has 15 heavy (non-hydrogen) atoms. The van der Waals surface area contributed by atoms with E-state index in [0.717, 1.165) is 12.1 Å². The number of benzene rings is 1. The highest BCUT2D eigenvalue weighted by Gasteiger charge is 2.30. The van der Waals surface area contributed by atoms with Crippen LogP contribution in [-0.4, -0.2) is 12.3 Å². The summed E-state index contributed by atoms with van der Waals surface area (Å²) in [6.45, 7) is 0. The summed E-state index contributed by atoms with van der Waals surface area (Å²) in [5.41, 5.74) is 4.90. The quantitative estimate of drug-likeness (QED) is 0.835. The molecule has 0 spiro atoms. The van der Waals surface area contributed by atoms with Crippen LogP contribution in [0.3, 0.4) is 0 Å². The molecule has 0 saturated heterocycles. The maximum Gasteiger partial charge on any atom is 0.416 e. The molecule has 0 aliphatic rings. The zero-order valence-electron chi connectivity index (χ0n) is 7.71. The lowest BCUT2D eigenvalue weighted by Gasteiger charge is -2.09. The molecule has 2 nitrogen and oxygen atoms in total. The van der Waals surface area contributed by atoms with E-state index in [4.69, 9.17) is 5.73 Å². The Balaban J connectivity index is 2.88. The van der Waals surface area contributed by atoms with Crippen molar-refractivity contribution in [2.24, 2.45) is 5.73 Å². The fourth-order valence-electron chi connectivity index (χ4n) is 1.17. The Kier molecular flexibility index (Phi) is 3.47. The predicted molar refractivity (Wildman–Crippen MR) is 48.8 cm³/mol. The molecule has 1 atom stereocenters. The summed E-state index contributed by atoms with van der Waals surface area (Å²) in [6.07, 6.45) is -2.79. The third-order valence-corrected chi connectivity index (χ3v) is 1.86. The van der Waals surface area contributed by atoms with E-state index >= 15 is 0 Å². The monoisotopic (exact) mass is 216 g/mol. The maximum absolute atomic E-state index is 12.3. The molecule has 1 rings (SSSR count). The zero-order chi connectivity index (χ0) is 11.5. The van der Waals surface area contributed by atoms with Crippen LogP contribution in [0, 0.1) is 0 Å². The number of carbonyl (C=O) groups excluding carboxylic acids is 1. The Hall–Kier alpha value is -1.36. The van der Waals surface area contributed by atoms with E-state index in [-0.39, 0.29) is 6.42 Å². The molecular formula is C10H9F3NO. The van der Waals surface area contributed by atoms with Crippen molar-refractivity contribution >= 4 is 6.29 Å². The number of halogens is 3. The van der Waals surface area contributed by atoms with Crippen molar-refractivity contribution in [3.63, 3.8) is 0 Å². The lowest BCUT2D eigenvalue weighted by atomic mass is 10.0. The molecule has 1 radical (unpaired) electrons. The van der Waals surface area contributed by atoms with Gasteiger partial charge in [0.05, 0.1) is 11.6 Å². The van der Waals surface area contributed by atoms with E-state index in [2.05, 4.69) is 0 Å². The van der Waals surface area contributed by atoms with Crippen LogP contribution in [-0.2, 0) is 17.4 Å². The van der Waals surface area contributed by atoms with E-state index < -0.39 is 17.8 Å². The molecule has 0 saturated carbocycles. The minimum Gasteiger partial charge on any atom is -0.321 e. The maximum atomic E-state index is 12.3. The molecule has 0 aliphatic carbocycles. The highest BCUT2D eigenvalue weighted by Crippen LogP contribution is 2.29. The number of hydrogen-bond acceptors (Lipinski definition) is 2. The molecule has 0 bridgehead atoms. The zero-order valence-corrected chi connectivity index (χ0v) is 7.71. The van der Waals surface area contributed by atoms with Crippen LogP contribution in [0.2, 0.25) is 0 Å². The van der Waals surface area contributed by atoms with Gasteiger partial charge in [-0.25, -0.2) is 0 Å². The van der Waals surface area contributed by atoms with E-state index in [1.807, 2.05) is 0 Å². The van der Waals surface area contributed by atoms with Crippen LogP contribution in [0.4, 0.5) is 13.2 Å². The first kappa shape index (κ1) is 11.7. The molecule has 0 unspecified atom stereocenters. The third-order valence-electron chi connectivity index (χ3n) is 1.86. The summed E-state index contributed by atoms with van der Waals surface area (Å²) >= 11 is 0. The second-order valence-corrected chi connectivity index (χ2v) is 3.13. The molecule has 0 aliphatic heterocycles. The van der Waals surface area contributed by atoms with Gasteiger partial charge in [-0.1, -0.05) is 18.2 Å². The first-order valence-electron chi connectivity index (χ1n) is 4.23. The summed E-state index contributed by atoms with van der Waals surface area (Å²) in [5.74, 6) is 0. The van der Waals surface area contributed by atoms with Gasteiger partial charge in [0, 0.05) is 0 Å². The lowest BCUT2D eigenvalue weighted by Crippen LogP contribution is -2.24. The standard InChI is InChI=1S/C10H9F3NO/c11-10(12,13)8-3-1-2-7(4-8)5-9(14)6-15/h1-4,9H,5,14H2/t9-/m0/s1. The van der Waals surface area contributed by atoms with Gasteiger partial charge in [-0.05, 0) is 18.1 Å². The van der Waals surface area contributed by atoms with Gasteiger partial charge in [0.2, 0.25) is 6.29 Å². The van der Waals surface area contributed by atoms with Gasteiger partial charge < -0.3 is 5.73 Å². The predicted octanol–water partition coefficient (Wildman–Crippen LogP) is 1.68.